The van der Waals surface area contributed by atoms with Crippen LogP contribution in [0.25, 0.3) is 0 Å². The zero-order chi connectivity index (χ0) is 19.8. The van der Waals surface area contributed by atoms with E-state index in [0.717, 1.165) is 11.6 Å². The first-order chi connectivity index (χ1) is 11.8. The molecule has 0 aliphatic rings. The van der Waals surface area contributed by atoms with Crippen molar-refractivity contribution in [3.63, 3.8) is 0 Å². The van der Waals surface area contributed by atoms with E-state index < -0.39 is 19.8 Å². The van der Waals surface area contributed by atoms with Crippen molar-refractivity contribution in [3.05, 3.63) is 53.6 Å². The molecular formula is C20H25F3O2Si. The summed E-state index contributed by atoms with van der Waals surface area (Å²) in [4.78, 5) is 0. The van der Waals surface area contributed by atoms with Crippen molar-refractivity contribution >= 4 is 13.3 Å². The van der Waals surface area contributed by atoms with Crippen molar-refractivity contribution in [2.75, 3.05) is 6.23 Å². The number of aromatic hydroxyl groups is 1. The lowest BCUT2D eigenvalue weighted by atomic mass is 9.86. The SMILES string of the molecule is CC(C)(C)c1cc(OC[Si](C)(C)c2cccc(C(F)(F)F)c2)ccc1O. The van der Waals surface area contributed by atoms with Gasteiger partial charge in [-0.3, -0.25) is 0 Å². The van der Waals surface area contributed by atoms with Gasteiger partial charge in [-0.2, -0.15) is 13.2 Å². The van der Waals surface area contributed by atoms with Crippen LogP contribution in [0.5, 0.6) is 11.5 Å². The molecule has 26 heavy (non-hydrogen) atoms. The van der Waals surface area contributed by atoms with Crippen LogP contribution in [0.4, 0.5) is 13.2 Å². The molecule has 0 fully saturated rings. The van der Waals surface area contributed by atoms with Gasteiger partial charge in [0, 0.05) is 5.56 Å². The van der Waals surface area contributed by atoms with E-state index in [4.69, 9.17) is 4.74 Å². The summed E-state index contributed by atoms with van der Waals surface area (Å²) in [6.07, 6.45) is -4.00. The fraction of sp³-hybridized carbons (Fsp3) is 0.400. The molecule has 0 radical (unpaired) electrons. The second-order valence-electron chi connectivity index (χ2n) is 8.18. The first kappa shape index (κ1) is 20.4. The third kappa shape index (κ3) is 4.81. The first-order valence-electron chi connectivity index (χ1n) is 8.45. The summed E-state index contributed by atoms with van der Waals surface area (Å²) in [5.41, 5.74) is -0.0963. The Labute approximate surface area is 153 Å². The predicted octanol–water partition coefficient (Wildman–Crippen LogP) is 5.24. The van der Waals surface area contributed by atoms with E-state index in [1.54, 1.807) is 24.3 Å². The number of benzene rings is 2. The van der Waals surface area contributed by atoms with Crippen LogP contribution < -0.4 is 9.92 Å². The van der Waals surface area contributed by atoms with Crippen molar-refractivity contribution in [1.82, 2.24) is 0 Å². The summed E-state index contributed by atoms with van der Waals surface area (Å²) in [7, 11) is -2.23. The minimum Gasteiger partial charge on any atom is -0.508 e. The van der Waals surface area contributed by atoms with Crippen LogP contribution in [0, 0.1) is 0 Å². The van der Waals surface area contributed by atoms with Gasteiger partial charge in [0.2, 0.25) is 0 Å². The molecule has 2 nitrogen and oxygen atoms in total. The number of rotatable bonds is 4. The van der Waals surface area contributed by atoms with Gasteiger partial charge in [0.1, 0.15) is 19.6 Å². The molecule has 0 saturated carbocycles. The minimum absolute atomic E-state index is 0.208. The maximum Gasteiger partial charge on any atom is 0.416 e. The van der Waals surface area contributed by atoms with Crippen LogP contribution in [0.1, 0.15) is 31.9 Å². The zero-order valence-corrected chi connectivity index (χ0v) is 16.7. The molecule has 2 aromatic rings. The fourth-order valence-corrected chi connectivity index (χ4v) is 4.46. The molecule has 0 aromatic heterocycles. The summed E-state index contributed by atoms with van der Waals surface area (Å²) in [6.45, 7) is 9.94. The molecule has 0 spiro atoms. The molecule has 0 amide bonds. The molecule has 142 valence electrons. The molecule has 0 aliphatic carbocycles. The van der Waals surface area contributed by atoms with Gasteiger partial charge in [-0.15, -0.1) is 0 Å². The monoisotopic (exact) mass is 382 g/mol. The van der Waals surface area contributed by atoms with Crippen LogP contribution in [0.15, 0.2) is 42.5 Å². The van der Waals surface area contributed by atoms with Crippen LogP contribution in [-0.4, -0.2) is 19.4 Å². The number of phenols is 1. The Bertz CT molecular complexity index is 777. The molecule has 0 atom stereocenters. The molecule has 2 aromatic carbocycles. The van der Waals surface area contributed by atoms with Crippen molar-refractivity contribution < 1.29 is 23.0 Å². The van der Waals surface area contributed by atoms with Gasteiger partial charge < -0.3 is 9.84 Å². The second-order valence-corrected chi connectivity index (χ2v) is 12.8. The molecule has 0 unspecified atom stereocenters. The van der Waals surface area contributed by atoms with Crippen molar-refractivity contribution in [2.45, 2.75) is 45.5 Å². The molecular weight excluding hydrogens is 357 g/mol. The second kappa shape index (κ2) is 6.99. The highest BCUT2D eigenvalue weighted by atomic mass is 28.3. The standard InChI is InChI=1S/C20H25F3O2Si/c1-19(2,3)17-12-15(9-10-18(17)24)25-13-26(4,5)16-8-6-7-14(11-16)20(21,22)23/h6-12,24H,13H2,1-5H3. The Morgan fingerprint density at radius 1 is 1.00 bits per heavy atom. The normalized spacial score (nSPS) is 12.9. The molecule has 0 bridgehead atoms. The summed E-state index contributed by atoms with van der Waals surface area (Å²) >= 11 is 0. The highest BCUT2D eigenvalue weighted by Crippen LogP contribution is 2.33. The highest BCUT2D eigenvalue weighted by Gasteiger charge is 2.33. The van der Waals surface area contributed by atoms with Gasteiger partial charge in [0.25, 0.3) is 0 Å². The maximum atomic E-state index is 13.0. The van der Waals surface area contributed by atoms with E-state index in [-0.39, 0.29) is 11.2 Å². The topological polar surface area (TPSA) is 29.5 Å². The number of alkyl halides is 3. The van der Waals surface area contributed by atoms with E-state index in [0.29, 0.717) is 17.2 Å². The van der Waals surface area contributed by atoms with Crippen LogP contribution in [0.2, 0.25) is 13.1 Å². The van der Waals surface area contributed by atoms with E-state index in [1.807, 2.05) is 33.9 Å². The van der Waals surface area contributed by atoms with Crippen LogP contribution in [0.3, 0.4) is 0 Å². The van der Waals surface area contributed by atoms with E-state index >= 15 is 0 Å². The average molecular weight is 382 g/mol. The Kier molecular flexibility index (Phi) is 5.47. The van der Waals surface area contributed by atoms with Gasteiger partial charge in [-0.1, -0.05) is 63.3 Å². The van der Waals surface area contributed by atoms with Gasteiger partial charge in [0.05, 0.1) is 11.8 Å². The lowest BCUT2D eigenvalue weighted by molar-refractivity contribution is -0.137. The minimum atomic E-state index is -4.35. The highest BCUT2D eigenvalue weighted by molar-refractivity contribution is 6.89. The van der Waals surface area contributed by atoms with Crippen LogP contribution in [-0.2, 0) is 11.6 Å². The Morgan fingerprint density at radius 2 is 1.65 bits per heavy atom. The molecule has 0 heterocycles. The van der Waals surface area contributed by atoms with Gasteiger partial charge in [-0.25, -0.2) is 0 Å². The van der Waals surface area contributed by atoms with Gasteiger partial charge in [-0.05, 0) is 23.6 Å². The number of ether oxygens (including phenoxy) is 1. The summed E-state index contributed by atoms with van der Waals surface area (Å²) in [6, 6.07) is 10.6. The molecule has 6 heteroatoms. The number of phenolic OH excluding ortho intramolecular Hbond substituents is 1. The molecule has 0 aliphatic heterocycles. The average Bonchev–Trinajstić information content (AvgIpc) is 2.52. The third-order valence-electron chi connectivity index (χ3n) is 4.35. The largest absolute Gasteiger partial charge is 0.508 e. The van der Waals surface area contributed by atoms with Gasteiger partial charge >= 0.3 is 6.18 Å². The summed E-state index contributed by atoms with van der Waals surface area (Å²) in [5.74, 6) is 0.819. The zero-order valence-electron chi connectivity index (χ0n) is 15.7. The Morgan fingerprint density at radius 3 is 2.23 bits per heavy atom. The Balaban J connectivity index is 2.21. The number of halogens is 3. The molecule has 1 N–H and O–H groups in total. The van der Waals surface area contributed by atoms with Crippen molar-refractivity contribution in [1.29, 1.82) is 0 Å². The third-order valence-corrected chi connectivity index (χ3v) is 7.09. The number of hydrogen-bond donors (Lipinski definition) is 1. The molecule has 2 rings (SSSR count). The van der Waals surface area contributed by atoms with E-state index in [9.17, 15) is 18.3 Å². The van der Waals surface area contributed by atoms with Crippen LogP contribution >= 0.6 is 0 Å². The smallest absolute Gasteiger partial charge is 0.416 e. The first-order valence-corrected chi connectivity index (χ1v) is 11.7. The van der Waals surface area contributed by atoms with Crippen molar-refractivity contribution in [2.24, 2.45) is 0 Å². The quantitative estimate of drug-likeness (QED) is 0.733. The number of hydrogen-bond acceptors (Lipinski definition) is 2. The fourth-order valence-electron chi connectivity index (χ4n) is 2.67. The predicted molar refractivity (Wildman–Crippen MR) is 101 cm³/mol. The van der Waals surface area contributed by atoms with E-state index in [1.165, 1.54) is 12.1 Å². The van der Waals surface area contributed by atoms with Crippen molar-refractivity contribution in [3.8, 4) is 11.5 Å². The van der Waals surface area contributed by atoms with Gasteiger partial charge in [0.15, 0.2) is 0 Å². The lowest BCUT2D eigenvalue weighted by Gasteiger charge is -2.25. The Hall–Kier alpha value is -1.95. The summed E-state index contributed by atoms with van der Waals surface area (Å²) < 4.78 is 44.8. The maximum absolute atomic E-state index is 13.0. The summed E-state index contributed by atoms with van der Waals surface area (Å²) in [5, 5.41) is 10.7. The molecule has 0 saturated heterocycles. The van der Waals surface area contributed by atoms with E-state index in [2.05, 4.69) is 0 Å². The lowest BCUT2D eigenvalue weighted by Crippen LogP contribution is -2.47.